The van der Waals surface area contributed by atoms with Crippen molar-refractivity contribution in [3.63, 3.8) is 0 Å². The molecule has 0 spiro atoms. The van der Waals surface area contributed by atoms with Crippen LogP contribution >= 0.6 is 0 Å². The molecular formula is C15H17N3O2. The number of hydrogen-bond donors (Lipinski definition) is 0. The van der Waals surface area contributed by atoms with Gasteiger partial charge in [-0.05, 0) is 24.7 Å². The molecule has 0 fully saturated rings. The Morgan fingerprint density at radius 3 is 2.30 bits per heavy atom. The molecule has 2 aromatic rings. The fourth-order valence-electron chi connectivity index (χ4n) is 1.95. The Hall–Kier alpha value is -2.27. The van der Waals surface area contributed by atoms with Crippen LogP contribution in [0.1, 0.15) is 21.5 Å². The summed E-state index contributed by atoms with van der Waals surface area (Å²) in [4.78, 5) is 21.5. The second-order valence-corrected chi connectivity index (χ2v) is 4.61. The predicted octanol–water partition coefficient (Wildman–Crippen LogP) is 1.90. The Balaban J connectivity index is 1.94. The molecule has 0 unspecified atom stereocenters. The molecular weight excluding hydrogens is 254 g/mol. The zero-order valence-electron chi connectivity index (χ0n) is 11.6. The summed E-state index contributed by atoms with van der Waals surface area (Å²) in [6.45, 7) is 1.57. The fraction of sp³-hybridized carbons (Fsp3) is 0.267. The molecule has 1 aromatic carbocycles. The third kappa shape index (κ3) is 3.86. The van der Waals surface area contributed by atoms with Crippen molar-refractivity contribution in [3.8, 4) is 0 Å². The first-order valence-electron chi connectivity index (χ1n) is 6.28. The Kier molecular flexibility index (Phi) is 4.79. The molecule has 1 heterocycles. The van der Waals surface area contributed by atoms with Crippen LogP contribution < -0.4 is 0 Å². The van der Waals surface area contributed by atoms with Crippen LogP contribution in [0.5, 0.6) is 0 Å². The van der Waals surface area contributed by atoms with Gasteiger partial charge in [-0.1, -0.05) is 12.1 Å². The summed E-state index contributed by atoms with van der Waals surface area (Å²) >= 11 is 0. The largest absolute Gasteiger partial charge is 0.465 e. The van der Waals surface area contributed by atoms with Gasteiger partial charge in [0, 0.05) is 31.0 Å². The van der Waals surface area contributed by atoms with E-state index in [1.807, 2.05) is 31.6 Å². The summed E-state index contributed by atoms with van der Waals surface area (Å²) in [5.41, 5.74) is 2.77. The lowest BCUT2D eigenvalue weighted by Gasteiger charge is -2.16. The molecule has 0 aliphatic heterocycles. The number of ether oxygens (including phenoxy) is 1. The van der Waals surface area contributed by atoms with Crippen LogP contribution in [0.25, 0.3) is 0 Å². The summed E-state index contributed by atoms with van der Waals surface area (Å²) in [7, 11) is 3.41. The Morgan fingerprint density at radius 1 is 1.10 bits per heavy atom. The quantitative estimate of drug-likeness (QED) is 0.777. The first-order chi connectivity index (χ1) is 9.69. The number of nitrogens with zero attached hydrogens (tertiary/aromatic N) is 3. The zero-order chi connectivity index (χ0) is 14.4. The number of methoxy groups -OCH3 is 1. The van der Waals surface area contributed by atoms with Crippen molar-refractivity contribution in [2.75, 3.05) is 14.2 Å². The zero-order valence-corrected chi connectivity index (χ0v) is 11.6. The van der Waals surface area contributed by atoms with Crippen molar-refractivity contribution < 1.29 is 9.53 Å². The second-order valence-electron chi connectivity index (χ2n) is 4.61. The second kappa shape index (κ2) is 6.77. The molecule has 20 heavy (non-hydrogen) atoms. The van der Waals surface area contributed by atoms with Gasteiger partial charge in [0.05, 0.1) is 12.7 Å². The molecule has 0 aliphatic rings. The highest BCUT2D eigenvalue weighted by atomic mass is 16.5. The molecule has 104 valence electrons. The minimum atomic E-state index is -0.314. The van der Waals surface area contributed by atoms with Gasteiger partial charge in [-0.3, -0.25) is 4.90 Å². The monoisotopic (exact) mass is 271 g/mol. The molecule has 0 bridgehead atoms. The van der Waals surface area contributed by atoms with E-state index in [0.29, 0.717) is 5.56 Å². The molecule has 0 saturated carbocycles. The van der Waals surface area contributed by atoms with Gasteiger partial charge in [-0.2, -0.15) is 0 Å². The van der Waals surface area contributed by atoms with E-state index in [0.717, 1.165) is 24.2 Å². The number of esters is 1. The van der Waals surface area contributed by atoms with Crippen LogP contribution in [-0.2, 0) is 17.8 Å². The molecule has 0 atom stereocenters. The van der Waals surface area contributed by atoms with Gasteiger partial charge in [-0.25, -0.2) is 14.8 Å². The first kappa shape index (κ1) is 14.1. The standard InChI is InChI=1S/C15H17N3O2/c1-18(10-13-7-16-11-17-8-13)9-12-3-5-14(6-4-12)15(19)20-2/h3-8,11H,9-10H2,1-2H3. The molecule has 1 aromatic heterocycles. The molecule has 0 amide bonds. The molecule has 0 N–H and O–H groups in total. The van der Waals surface area contributed by atoms with E-state index < -0.39 is 0 Å². The maximum atomic E-state index is 11.3. The minimum absolute atomic E-state index is 0.314. The average Bonchev–Trinajstić information content (AvgIpc) is 2.48. The van der Waals surface area contributed by atoms with Crippen LogP contribution in [-0.4, -0.2) is 35.0 Å². The normalized spacial score (nSPS) is 10.6. The topological polar surface area (TPSA) is 55.3 Å². The number of benzene rings is 1. The van der Waals surface area contributed by atoms with E-state index in [2.05, 4.69) is 19.6 Å². The number of rotatable bonds is 5. The van der Waals surface area contributed by atoms with Gasteiger partial charge in [0.2, 0.25) is 0 Å². The summed E-state index contributed by atoms with van der Waals surface area (Å²) < 4.78 is 4.67. The third-order valence-corrected chi connectivity index (χ3v) is 2.89. The van der Waals surface area contributed by atoms with Gasteiger partial charge < -0.3 is 4.74 Å². The van der Waals surface area contributed by atoms with E-state index in [1.54, 1.807) is 12.1 Å². The lowest BCUT2D eigenvalue weighted by atomic mass is 10.1. The van der Waals surface area contributed by atoms with Gasteiger partial charge in [0.1, 0.15) is 6.33 Å². The molecule has 0 radical (unpaired) electrons. The predicted molar refractivity (Wildman–Crippen MR) is 75.0 cm³/mol. The van der Waals surface area contributed by atoms with E-state index in [4.69, 9.17) is 0 Å². The van der Waals surface area contributed by atoms with E-state index in [-0.39, 0.29) is 5.97 Å². The van der Waals surface area contributed by atoms with Crippen LogP contribution in [0, 0.1) is 0 Å². The van der Waals surface area contributed by atoms with Crippen molar-refractivity contribution in [2.24, 2.45) is 0 Å². The molecule has 5 heteroatoms. The number of aromatic nitrogens is 2. The lowest BCUT2D eigenvalue weighted by molar-refractivity contribution is 0.0600. The minimum Gasteiger partial charge on any atom is -0.465 e. The van der Waals surface area contributed by atoms with Crippen molar-refractivity contribution in [1.29, 1.82) is 0 Å². The Morgan fingerprint density at radius 2 is 1.70 bits per heavy atom. The molecule has 0 saturated heterocycles. The van der Waals surface area contributed by atoms with E-state index >= 15 is 0 Å². The number of carbonyl (C=O) groups is 1. The molecule has 0 aliphatic carbocycles. The summed E-state index contributed by atoms with van der Waals surface area (Å²) in [5, 5.41) is 0. The summed E-state index contributed by atoms with van der Waals surface area (Å²) in [6, 6.07) is 7.43. The Bertz CT molecular complexity index is 555. The van der Waals surface area contributed by atoms with E-state index in [9.17, 15) is 4.79 Å². The molecule has 2 rings (SSSR count). The van der Waals surface area contributed by atoms with E-state index in [1.165, 1.54) is 13.4 Å². The highest BCUT2D eigenvalue weighted by Gasteiger charge is 2.06. The highest BCUT2D eigenvalue weighted by molar-refractivity contribution is 5.89. The van der Waals surface area contributed by atoms with Crippen LogP contribution in [0.15, 0.2) is 43.0 Å². The molecule has 5 nitrogen and oxygen atoms in total. The lowest BCUT2D eigenvalue weighted by Crippen LogP contribution is -2.17. The summed E-state index contributed by atoms with van der Waals surface area (Å²) in [6.07, 6.45) is 5.14. The van der Waals surface area contributed by atoms with Crippen molar-refractivity contribution in [1.82, 2.24) is 14.9 Å². The SMILES string of the molecule is COC(=O)c1ccc(CN(C)Cc2cncnc2)cc1. The van der Waals surface area contributed by atoms with Gasteiger partial charge in [-0.15, -0.1) is 0 Å². The Labute approximate surface area is 118 Å². The van der Waals surface area contributed by atoms with Crippen LogP contribution in [0.4, 0.5) is 0 Å². The van der Waals surface area contributed by atoms with Crippen molar-refractivity contribution in [2.45, 2.75) is 13.1 Å². The maximum absolute atomic E-state index is 11.3. The van der Waals surface area contributed by atoms with Crippen molar-refractivity contribution >= 4 is 5.97 Å². The van der Waals surface area contributed by atoms with Gasteiger partial charge in [0.15, 0.2) is 0 Å². The van der Waals surface area contributed by atoms with Gasteiger partial charge in [0.25, 0.3) is 0 Å². The van der Waals surface area contributed by atoms with Crippen LogP contribution in [0.2, 0.25) is 0 Å². The number of carbonyl (C=O) groups excluding carboxylic acids is 1. The maximum Gasteiger partial charge on any atom is 0.337 e. The summed E-state index contributed by atoms with van der Waals surface area (Å²) in [5.74, 6) is -0.314. The smallest absolute Gasteiger partial charge is 0.337 e. The number of hydrogen-bond acceptors (Lipinski definition) is 5. The van der Waals surface area contributed by atoms with Gasteiger partial charge >= 0.3 is 5.97 Å². The van der Waals surface area contributed by atoms with Crippen molar-refractivity contribution in [3.05, 3.63) is 59.7 Å². The fourth-order valence-corrected chi connectivity index (χ4v) is 1.95. The van der Waals surface area contributed by atoms with Crippen LogP contribution in [0.3, 0.4) is 0 Å². The third-order valence-electron chi connectivity index (χ3n) is 2.89. The first-order valence-corrected chi connectivity index (χ1v) is 6.28. The highest BCUT2D eigenvalue weighted by Crippen LogP contribution is 2.09. The average molecular weight is 271 g/mol.